The molecule has 0 saturated carbocycles. The maximum Gasteiger partial charge on any atom is 0.291 e. The highest BCUT2D eigenvalue weighted by atomic mass is 32.2. The second-order valence-corrected chi connectivity index (χ2v) is 4.22. The number of unbranched alkanes of at least 4 members (excludes halogenated alkanes) is 2. The Morgan fingerprint density at radius 2 is 2.13 bits per heavy atom. The lowest BCUT2D eigenvalue weighted by Crippen LogP contribution is -2.14. The summed E-state index contributed by atoms with van der Waals surface area (Å²) in [5, 5.41) is 1.66. The van der Waals surface area contributed by atoms with Crippen molar-refractivity contribution in [3.05, 3.63) is 11.3 Å². The summed E-state index contributed by atoms with van der Waals surface area (Å²) < 4.78 is 0. The predicted octanol–water partition coefficient (Wildman–Crippen LogP) is 2.00. The first-order valence-corrected chi connectivity index (χ1v) is 5.72. The van der Waals surface area contributed by atoms with Crippen molar-refractivity contribution in [1.82, 2.24) is 5.32 Å². The van der Waals surface area contributed by atoms with Gasteiger partial charge in [-0.15, -0.1) is 0 Å². The van der Waals surface area contributed by atoms with Gasteiger partial charge in [-0.25, -0.2) is 0 Å². The Hall–Kier alpha value is -1.10. The Labute approximate surface area is 92.5 Å². The van der Waals surface area contributed by atoms with Crippen LogP contribution in [-0.4, -0.2) is 16.6 Å². The van der Waals surface area contributed by atoms with Crippen LogP contribution in [0, 0.1) is 0 Å². The Balaban J connectivity index is 2.70. The van der Waals surface area contributed by atoms with Crippen LogP contribution in [-0.2, 0) is 9.59 Å². The van der Waals surface area contributed by atoms with Gasteiger partial charge in [0.05, 0.1) is 0 Å². The van der Waals surface area contributed by atoms with Crippen molar-refractivity contribution < 1.29 is 14.4 Å². The number of allylic oxidation sites excluding steroid dienone is 1. The summed E-state index contributed by atoms with van der Waals surface area (Å²) >= 11 is 0.606. The van der Waals surface area contributed by atoms with E-state index in [2.05, 4.69) is 12.2 Å². The molecule has 0 bridgehead atoms. The average Bonchev–Trinajstić information content (AvgIpc) is 2.53. The van der Waals surface area contributed by atoms with Crippen molar-refractivity contribution in [1.29, 1.82) is 0 Å². The van der Waals surface area contributed by atoms with Gasteiger partial charge in [-0.3, -0.25) is 14.4 Å². The molecular weight excluding hydrogens is 214 g/mol. The second-order valence-electron chi connectivity index (χ2n) is 3.28. The summed E-state index contributed by atoms with van der Waals surface area (Å²) in [6.07, 6.45) is 4.15. The maximum atomic E-state index is 11.3. The molecular formula is C10H13NO3S. The van der Waals surface area contributed by atoms with Gasteiger partial charge >= 0.3 is 0 Å². The molecule has 15 heavy (non-hydrogen) atoms. The van der Waals surface area contributed by atoms with Crippen molar-refractivity contribution in [2.24, 2.45) is 0 Å². The molecule has 0 aromatic rings. The van der Waals surface area contributed by atoms with E-state index in [9.17, 15) is 14.4 Å². The van der Waals surface area contributed by atoms with Crippen LogP contribution in [0.4, 0.5) is 4.79 Å². The summed E-state index contributed by atoms with van der Waals surface area (Å²) in [5.41, 5.74) is 0.586. The Bertz CT molecular complexity index is 323. The van der Waals surface area contributed by atoms with E-state index < -0.39 is 5.24 Å². The number of hydrogen-bond acceptors (Lipinski definition) is 4. The summed E-state index contributed by atoms with van der Waals surface area (Å²) in [4.78, 5) is 32.9. The molecule has 0 spiro atoms. The van der Waals surface area contributed by atoms with Gasteiger partial charge < -0.3 is 5.32 Å². The van der Waals surface area contributed by atoms with Crippen LogP contribution in [0.2, 0.25) is 0 Å². The number of rotatable bonds is 5. The molecule has 0 unspecified atom stereocenters. The van der Waals surface area contributed by atoms with E-state index in [4.69, 9.17) is 0 Å². The second kappa shape index (κ2) is 5.70. The first-order chi connectivity index (χ1) is 7.19. The van der Waals surface area contributed by atoms with E-state index >= 15 is 0 Å². The van der Waals surface area contributed by atoms with E-state index in [0.717, 1.165) is 19.3 Å². The molecule has 1 saturated heterocycles. The standard InChI is InChI=1S/C10H13NO3S/c1-2-3-4-5-7(6-12)8-9(13)15-10(14)11-8/h6H,2-5H2,1H3,(H,11,14). The third kappa shape index (κ3) is 3.20. The zero-order chi connectivity index (χ0) is 11.3. The number of amides is 1. The van der Waals surface area contributed by atoms with Crippen LogP contribution in [0.1, 0.15) is 32.6 Å². The largest absolute Gasteiger partial charge is 0.312 e. The van der Waals surface area contributed by atoms with Gasteiger partial charge in [-0.05, 0) is 12.8 Å². The molecule has 1 heterocycles. The molecule has 0 aromatic carbocycles. The molecule has 0 aromatic heterocycles. The first kappa shape index (κ1) is 12.0. The van der Waals surface area contributed by atoms with E-state index in [0.29, 0.717) is 30.0 Å². The van der Waals surface area contributed by atoms with E-state index in [-0.39, 0.29) is 10.8 Å². The SMILES string of the molecule is CCCCCC(C=O)=C1NC(=O)SC1=O. The zero-order valence-electron chi connectivity index (χ0n) is 8.54. The van der Waals surface area contributed by atoms with Crippen LogP contribution < -0.4 is 5.32 Å². The summed E-state index contributed by atoms with van der Waals surface area (Å²) in [6.45, 7) is 2.06. The highest BCUT2D eigenvalue weighted by Gasteiger charge is 2.28. The quantitative estimate of drug-likeness (QED) is 0.443. The number of carbonyl (C=O) groups excluding carboxylic acids is 3. The lowest BCUT2D eigenvalue weighted by Gasteiger charge is -2.02. The van der Waals surface area contributed by atoms with Gasteiger partial charge in [-0.1, -0.05) is 19.8 Å². The van der Waals surface area contributed by atoms with Gasteiger partial charge in [0.15, 0.2) is 0 Å². The Kier molecular flexibility index (Phi) is 4.55. The fourth-order valence-electron chi connectivity index (χ4n) is 1.33. The third-order valence-electron chi connectivity index (χ3n) is 2.13. The minimum absolute atomic E-state index is 0.177. The molecule has 0 aliphatic carbocycles. The van der Waals surface area contributed by atoms with Crippen LogP contribution in [0.15, 0.2) is 11.3 Å². The minimum Gasteiger partial charge on any atom is -0.312 e. The number of aldehydes is 1. The van der Waals surface area contributed by atoms with E-state index in [1.807, 2.05) is 0 Å². The smallest absolute Gasteiger partial charge is 0.291 e. The van der Waals surface area contributed by atoms with Gasteiger partial charge in [0.1, 0.15) is 12.0 Å². The van der Waals surface area contributed by atoms with Crippen molar-refractivity contribution in [3.8, 4) is 0 Å². The number of carbonyl (C=O) groups is 3. The molecule has 4 nitrogen and oxygen atoms in total. The van der Waals surface area contributed by atoms with Gasteiger partial charge in [0.2, 0.25) is 5.12 Å². The number of thioether (sulfide) groups is 1. The molecule has 1 amide bonds. The number of hydrogen-bond donors (Lipinski definition) is 1. The van der Waals surface area contributed by atoms with Crippen LogP contribution in [0.25, 0.3) is 0 Å². The first-order valence-electron chi connectivity index (χ1n) is 4.90. The molecule has 0 atom stereocenters. The highest BCUT2D eigenvalue weighted by molar-refractivity contribution is 8.27. The summed E-state index contributed by atoms with van der Waals surface area (Å²) in [7, 11) is 0. The summed E-state index contributed by atoms with van der Waals surface area (Å²) in [6, 6.07) is 0. The molecule has 82 valence electrons. The fraction of sp³-hybridized carbons (Fsp3) is 0.500. The molecule has 1 rings (SSSR count). The number of nitrogens with one attached hydrogen (secondary N) is 1. The topological polar surface area (TPSA) is 63.2 Å². The molecule has 1 aliphatic rings. The lowest BCUT2D eigenvalue weighted by molar-refractivity contribution is -0.109. The molecule has 1 fully saturated rings. The van der Waals surface area contributed by atoms with Crippen molar-refractivity contribution >= 4 is 28.4 Å². The molecule has 0 radical (unpaired) electrons. The fourth-order valence-corrected chi connectivity index (χ4v) is 1.94. The van der Waals surface area contributed by atoms with Crippen LogP contribution in [0.3, 0.4) is 0 Å². The molecule has 5 heteroatoms. The van der Waals surface area contributed by atoms with Crippen molar-refractivity contribution in [3.63, 3.8) is 0 Å². The summed E-state index contributed by atoms with van der Waals surface area (Å²) in [5.74, 6) is 0. The molecule has 1 N–H and O–H groups in total. The maximum absolute atomic E-state index is 11.3. The molecule has 1 aliphatic heterocycles. The van der Waals surface area contributed by atoms with Gasteiger partial charge in [0, 0.05) is 17.3 Å². The van der Waals surface area contributed by atoms with E-state index in [1.54, 1.807) is 0 Å². The average molecular weight is 227 g/mol. The normalized spacial score (nSPS) is 19.0. The monoisotopic (exact) mass is 227 g/mol. The van der Waals surface area contributed by atoms with Crippen LogP contribution >= 0.6 is 11.8 Å². The highest BCUT2D eigenvalue weighted by Crippen LogP contribution is 2.22. The Morgan fingerprint density at radius 1 is 1.40 bits per heavy atom. The predicted molar refractivity (Wildman–Crippen MR) is 58.4 cm³/mol. The lowest BCUT2D eigenvalue weighted by atomic mass is 10.1. The van der Waals surface area contributed by atoms with Gasteiger partial charge in [-0.2, -0.15) is 0 Å². The van der Waals surface area contributed by atoms with Crippen LogP contribution in [0.5, 0.6) is 0 Å². The van der Waals surface area contributed by atoms with Crippen molar-refractivity contribution in [2.75, 3.05) is 0 Å². The van der Waals surface area contributed by atoms with E-state index in [1.165, 1.54) is 0 Å². The third-order valence-corrected chi connectivity index (χ3v) is 2.81. The van der Waals surface area contributed by atoms with Crippen molar-refractivity contribution in [2.45, 2.75) is 32.6 Å². The zero-order valence-corrected chi connectivity index (χ0v) is 9.36. The van der Waals surface area contributed by atoms with Gasteiger partial charge in [0.25, 0.3) is 5.24 Å². The Morgan fingerprint density at radius 3 is 2.60 bits per heavy atom. The minimum atomic E-state index is -0.398.